The highest BCUT2D eigenvalue weighted by molar-refractivity contribution is 6.46. The van der Waals surface area contributed by atoms with Crippen molar-refractivity contribution in [1.29, 1.82) is 5.26 Å². The molecule has 0 unspecified atom stereocenters. The Bertz CT molecular complexity index is 489. The quantitative estimate of drug-likeness (QED) is 0.659. The average Bonchev–Trinajstić information content (AvgIpc) is 2.31. The maximum Gasteiger partial charge on any atom is 0.203 e. The van der Waals surface area contributed by atoms with Gasteiger partial charge in [-0.3, -0.25) is 10.2 Å². The highest BCUT2D eigenvalue weighted by atomic mass is 35.5. The molecule has 0 heterocycles. The Kier molecular flexibility index (Phi) is 4.68. The Hall–Kier alpha value is -1.86. The molecule has 1 N–H and O–H groups in total. The van der Waals surface area contributed by atoms with Gasteiger partial charge in [-0.25, -0.2) is 0 Å². The number of nitrogens with one attached hydrogen (secondary N) is 1. The van der Waals surface area contributed by atoms with Crippen LogP contribution in [-0.2, 0) is 4.79 Å². The van der Waals surface area contributed by atoms with Crippen LogP contribution in [0.15, 0.2) is 29.4 Å². The third-order valence-corrected chi connectivity index (χ3v) is 2.36. The summed E-state index contributed by atoms with van der Waals surface area (Å²) in [5.74, 6) is -0.562. The van der Waals surface area contributed by atoms with Crippen molar-refractivity contribution in [1.82, 2.24) is 0 Å². The van der Waals surface area contributed by atoms with Crippen molar-refractivity contribution in [3.8, 4) is 6.07 Å². The number of carbonyl (C=O) groups excluding carboxylic acids is 1. The zero-order valence-corrected chi connectivity index (χ0v) is 10.3. The second kappa shape index (κ2) is 6.02. The zero-order chi connectivity index (χ0) is 12.8. The summed E-state index contributed by atoms with van der Waals surface area (Å²) in [5, 5.41) is 13.1. The molecule has 1 aromatic rings. The molecule has 17 heavy (non-hydrogen) atoms. The molecule has 5 heteroatoms. The lowest BCUT2D eigenvalue weighted by molar-refractivity contribution is -0.115. The molecule has 0 atom stereocenters. The number of carbonyl (C=O) groups is 1. The first-order chi connectivity index (χ1) is 8.06. The molecule has 0 radical (unpaired) electrons. The van der Waals surface area contributed by atoms with Crippen molar-refractivity contribution >= 4 is 28.8 Å². The van der Waals surface area contributed by atoms with E-state index in [9.17, 15) is 4.79 Å². The van der Waals surface area contributed by atoms with Crippen molar-refractivity contribution in [2.45, 2.75) is 13.8 Å². The number of hydrogen-bond acceptors (Lipinski definition) is 4. The van der Waals surface area contributed by atoms with Gasteiger partial charge in [0.1, 0.15) is 6.07 Å². The van der Waals surface area contributed by atoms with Crippen molar-refractivity contribution in [2.75, 3.05) is 5.43 Å². The highest BCUT2D eigenvalue weighted by Gasteiger charge is 2.15. The van der Waals surface area contributed by atoms with Crippen LogP contribution in [0.25, 0.3) is 0 Å². The van der Waals surface area contributed by atoms with Crippen LogP contribution in [-0.4, -0.2) is 11.5 Å². The van der Waals surface area contributed by atoms with Crippen LogP contribution in [0.3, 0.4) is 0 Å². The Morgan fingerprint density at radius 3 is 2.65 bits per heavy atom. The van der Waals surface area contributed by atoms with Gasteiger partial charge in [-0.05, 0) is 12.1 Å². The van der Waals surface area contributed by atoms with Crippen molar-refractivity contribution in [2.24, 2.45) is 11.0 Å². The largest absolute Gasteiger partial charge is 0.291 e. The minimum Gasteiger partial charge on any atom is -0.291 e. The molecular formula is C12H12ClN3O. The minimum absolute atomic E-state index is 0.153. The molecule has 0 aliphatic rings. The number of rotatable bonds is 4. The van der Waals surface area contributed by atoms with Crippen molar-refractivity contribution in [3.05, 3.63) is 29.3 Å². The van der Waals surface area contributed by atoms with E-state index in [4.69, 9.17) is 16.9 Å². The van der Waals surface area contributed by atoms with Crippen molar-refractivity contribution in [3.63, 3.8) is 0 Å². The molecular weight excluding hydrogens is 238 g/mol. The number of halogens is 1. The van der Waals surface area contributed by atoms with Gasteiger partial charge in [0.25, 0.3) is 0 Å². The number of nitriles is 1. The number of hydrogen-bond donors (Lipinski definition) is 1. The molecule has 0 aliphatic heterocycles. The maximum atomic E-state index is 11.6. The van der Waals surface area contributed by atoms with E-state index in [-0.39, 0.29) is 17.4 Å². The third kappa shape index (κ3) is 3.58. The van der Waals surface area contributed by atoms with Crippen LogP contribution in [0, 0.1) is 17.2 Å². The standard InChI is InChI=1S/C12H12ClN3O/c1-8(2)12(17)11(7-14)16-15-10-6-4-3-5-9(10)13/h3-6,8,15H,1-2H3/b16-11+. The van der Waals surface area contributed by atoms with Gasteiger partial charge >= 0.3 is 0 Å². The van der Waals surface area contributed by atoms with Crippen molar-refractivity contribution < 1.29 is 4.79 Å². The number of benzene rings is 1. The topological polar surface area (TPSA) is 65.2 Å². The Morgan fingerprint density at radius 1 is 1.47 bits per heavy atom. The van der Waals surface area contributed by atoms with Crippen LogP contribution in [0.5, 0.6) is 0 Å². The highest BCUT2D eigenvalue weighted by Crippen LogP contribution is 2.20. The third-order valence-electron chi connectivity index (χ3n) is 2.03. The van der Waals surface area contributed by atoms with Crippen LogP contribution in [0.1, 0.15) is 13.8 Å². The van der Waals surface area contributed by atoms with E-state index in [0.29, 0.717) is 10.7 Å². The normalized spacial score (nSPS) is 11.1. The lowest BCUT2D eigenvalue weighted by atomic mass is 10.1. The maximum absolute atomic E-state index is 11.6. The fourth-order valence-electron chi connectivity index (χ4n) is 1.08. The number of ketones is 1. The molecule has 0 amide bonds. The summed E-state index contributed by atoms with van der Waals surface area (Å²) in [7, 11) is 0. The number of anilines is 1. The molecule has 0 saturated heterocycles. The van der Waals surface area contributed by atoms with Gasteiger partial charge in [0, 0.05) is 5.92 Å². The molecule has 0 saturated carbocycles. The molecule has 4 nitrogen and oxygen atoms in total. The summed E-state index contributed by atoms with van der Waals surface area (Å²) in [6.07, 6.45) is 0. The predicted octanol–water partition coefficient (Wildman–Crippen LogP) is 2.86. The average molecular weight is 250 g/mol. The molecule has 1 aromatic carbocycles. The zero-order valence-electron chi connectivity index (χ0n) is 9.57. The molecule has 88 valence electrons. The number of para-hydroxylation sites is 1. The molecule has 0 aromatic heterocycles. The Labute approximate surface area is 105 Å². The fourth-order valence-corrected chi connectivity index (χ4v) is 1.25. The van der Waals surface area contributed by atoms with Gasteiger partial charge in [-0.2, -0.15) is 10.4 Å². The number of hydrazone groups is 1. The smallest absolute Gasteiger partial charge is 0.203 e. The van der Waals surface area contributed by atoms with E-state index in [1.807, 2.05) is 0 Å². The first kappa shape index (κ1) is 13.2. The summed E-state index contributed by atoms with van der Waals surface area (Å²) in [5.41, 5.74) is 3.01. The van der Waals surface area contributed by atoms with E-state index in [1.54, 1.807) is 44.2 Å². The summed E-state index contributed by atoms with van der Waals surface area (Å²) in [4.78, 5) is 11.6. The number of Topliss-reactive ketones (excluding diaryl/α,β-unsaturated/α-hetero) is 1. The van der Waals surface area contributed by atoms with Crippen LogP contribution in [0.4, 0.5) is 5.69 Å². The first-order valence-electron chi connectivity index (χ1n) is 5.08. The molecule has 0 spiro atoms. The predicted molar refractivity (Wildman–Crippen MR) is 68.0 cm³/mol. The molecule has 0 fully saturated rings. The lowest BCUT2D eigenvalue weighted by Crippen LogP contribution is -2.19. The Balaban J connectivity index is 2.87. The monoisotopic (exact) mass is 249 g/mol. The summed E-state index contributed by atoms with van der Waals surface area (Å²) >= 11 is 5.89. The summed E-state index contributed by atoms with van der Waals surface area (Å²) in [6, 6.07) is 8.72. The second-order valence-corrected chi connectivity index (χ2v) is 4.09. The lowest BCUT2D eigenvalue weighted by Gasteiger charge is -2.04. The first-order valence-corrected chi connectivity index (χ1v) is 5.46. The second-order valence-electron chi connectivity index (χ2n) is 3.68. The number of nitrogens with zero attached hydrogens (tertiary/aromatic N) is 2. The van der Waals surface area contributed by atoms with Crippen LogP contribution < -0.4 is 5.43 Å². The van der Waals surface area contributed by atoms with Gasteiger partial charge in [0.2, 0.25) is 5.71 Å². The van der Waals surface area contributed by atoms with E-state index >= 15 is 0 Å². The van der Waals surface area contributed by atoms with Crippen LogP contribution >= 0.6 is 11.6 Å². The fraction of sp³-hybridized carbons (Fsp3) is 0.250. The summed E-state index contributed by atoms with van der Waals surface area (Å²) < 4.78 is 0. The van der Waals surface area contributed by atoms with Gasteiger partial charge in [-0.1, -0.05) is 37.6 Å². The van der Waals surface area contributed by atoms with E-state index < -0.39 is 0 Å². The summed E-state index contributed by atoms with van der Waals surface area (Å²) in [6.45, 7) is 3.43. The van der Waals surface area contributed by atoms with Gasteiger partial charge < -0.3 is 0 Å². The molecule has 0 bridgehead atoms. The molecule has 0 aliphatic carbocycles. The van der Waals surface area contributed by atoms with Gasteiger partial charge in [0.05, 0.1) is 10.7 Å². The SMILES string of the molecule is CC(C)C(=O)/C(C#N)=N/Nc1ccccc1Cl. The van der Waals surface area contributed by atoms with E-state index in [2.05, 4.69) is 10.5 Å². The minimum atomic E-state index is -0.299. The van der Waals surface area contributed by atoms with E-state index in [1.165, 1.54) is 0 Å². The Morgan fingerprint density at radius 2 is 2.12 bits per heavy atom. The molecule has 1 rings (SSSR count). The van der Waals surface area contributed by atoms with Crippen LogP contribution in [0.2, 0.25) is 5.02 Å². The van der Waals surface area contributed by atoms with Gasteiger partial charge in [0.15, 0.2) is 5.78 Å². The van der Waals surface area contributed by atoms with E-state index in [0.717, 1.165) is 0 Å². The van der Waals surface area contributed by atoms with Gasteiger partial charge in [-0.15, -0.1) is 0 Å².